The highest BCUT2D eigenvalue weighted by Crippen LogP contribution is 2.30. The predicted octanol–water partition coefficient (Wildman–Crippen LogP) is 1.24. The van der Waals surface area contributed by atoms with E-state index in [1.54, 1.807) is 23.9 Å². The van der Waals surface area contributed by atoms with Crippen molar-refractivity contribution in [3.05, 3.63) is 34.9 Å². The second-order valence-electron chi connectivity index (χ2n) is 7.48. The number of aromatic nitrogens is 4. The van der Waals surface area contributed by atoms with Gasteiger partial charge in [0.1, 0.15) is 5.69 Å². The third kappa shape index (κ3) is 4.40. The monoisotopic (exact) mass is 437 g/mol. The highest BCUT2D eigenvalue weighted by atomic mass is 19.4. The van der Waals surface area contributed by atoms with E-state index in [1.165, 1.54) is 11.7 Å². The number of anilines is 3. The number of carbonyl (C=O) groups is 1. The number of aryl methyl sites for hydroxylation is 2. The summed E-state index contributed by atoms with van der Waals surface area (Å²) in [6.45, 7) is 3.25. The molecule has 10 nitrogen and oxygen atoms in total. The van der Waals surface area contributed by atoms with Gasteiger partial charge in [0.25, 0.3) is 0 Å². The Morgan fingerprint density at radius 2 is 2.03 bits per heavy atom. The van der Waals surface area contributed by atoms with Crippen LogP contribution in [0, 0.1) is 6.92 Å². The number of amides is 1. The average molecular weight is 437 g/mol. The summed E-state index contributed by atoms with van der Waals surface area (Å²) in [6, 6.07) is 1.05. The number of nitrogens with zero attached hydrogens (tertiary/aromatic N) is 6. The van der Waals surface area contributed by atoms with Crippen molar-refractivity contribution >= 4 is 23.4 Å². The van der Waals surface area contributed by atoms with E-state index in [1.807, 2.05) is 6.20 Å². The van der Waals surface area contributed by atoms with E-state index in [-0.39, 0.29) is 19.0 Å². The fraction of sp³-hybridized carbons (Fsp3) is 0.444. The van der Waals surface area contributed by atoms with Gasteiger partial charge < -0.3 is 20.5 Å². The molecule has 0 bridgehead atoms. The lowest BCUT2D eigenvalue weighted by Gasteiger charge is -2.27. The minimum atomic E-state index is -4.47. The highest BCUT2D eigenvalue weighted by molar-refractivity contribution is 6.00. The first kappa shape index (κ1) is 20.9. The molecular formula is C18H22F3N9O. The van der Waals surface area contributed by atoms with Crippen molar-refractivity contribution in [3.63, 3.8) is 0 Å². The van der Waals surface area contributed by atoms with Crippen LogP contribution in [-0.4, -0.2) is 57.3 Å². The summed E-state index contributed by atoms with van der Waals surface area (Å²) in [6.07, 6.45) is -2.63. The van der Waals surface area contributed by atoms with Crippen molar-refractivity contribution in [2.75, 3.05) is 42.2 Å². The summed E-state index contributed by atoms with van der Waals surface area (Å²) < 4.78 is 39.7. The fourth-order valence-electron chi connectivity index (χ4n) is 3.41. The largest absolute Gasteiger partial charge is 0.435 e. The van der Waals surface area contributed by atoms with Crippen LogP contribution in [0.5, 0.6) is 0 Å². The number of likely N-dealkylation sites (N-methyl/N-ethyl adjacent to an activating group) is 1. The first-order valence-electron chi connectivity index (χ1n) is 9.53. The molecule has 3 N–H and O–H groups in total. The molecule has 0 saturated carbocycles. The van der Waals surface area contributed by atoms with Gasteiger partial charge in [-0.05, 0) is 18.6 Å². The molecule has 0 fully saturated rings. The summed E-state index contributed by atoms with van der Waals surface area (Å²) in [5.74, 6) is 0.965. The van der Waals surface area contributed by atoms with Gasteiger partial charge in [0, 0.05) is 33.4 Å². The first-order chi connectivity index (χ1) is 14.6. The van der Waals surface area contributed by atoms with Gasteiger partial charge in [-0.2, -0.15) is 23.3 Å². The average Bonchev–Trinajstić information content (AvgIpc) is 3.28. The zero-order chi connectivity index (χ0) is 22.3. The molecule has 4 heterocycles. The smallest absolute Gasteiger partial charge is 0.350 e. The van der Waals surface area contributed by atoms with Gasteiger partial charge >= 0.3 is 6.18 Å². The minimum absolute atomic E-state index is 0.111. The minimum Gasteiger partial charge on any atom is -0.350 e. The Labute approximate surface area is 176 Å². The number of fused-ring (bicyclic) bond motifs is 1. The molecule has 4 rings (SSSR count). The number of nitrogens with one attached hydrogen (secondary N) is 3. The van der Waals surface area contributed by atoms with Gasteiger partial charge in [-0.25, -0.2) is 10.4 Å². The van der Waals surface area contributed by atoms with Crippen LogP contribution >= 0.6 is 0 Å². The molecule has 0 aromatic carbocycles. The highest BCUT2D eigenvalue weighted by Gasteiger charge is 2.34. The molecule has 2 aliphatic heterocycles. The zero-order valence-corrected chi connectivity index (χ0v) is 17.2. The molecule has 0 unspecified atom stereocenters. The van der Waals surface area contributed by atoms with Crippen molar-refractivity contribution < 1.29 is 18.0 Å². The van der Waals surface area contributed by atoms with Crippen LogP contribution in [0.15, 0.2) is 17.8 Å². The third-order valence-corrected chi connectivity index (χ3v) is 5.00. The first-order valence-corrected chi connectivity index (χ1v) is 9.53. The quantitative estimate of drug-likeness (QED) is 0.642. The van der Waals surface area contributed by atoms with Crippen LogP contribution in [0.1, 0.15) is 17.1 Å². The maximum absolute atomic E-state index is 12.8. The van der Waals surface area contributed by atoms with Gasteiger partial charge in [0.05, 0.1) is 24.5 Å². The van der Waals surface area contributed by atoms with Crippen LogP contribution in [0.2, 0.25) is 0 Å². The topological polar surface area (TPSA) is 103 Å². The molecule has 166 valence electrons. The van der Waals surface area contributed by atoms with Gasteiger partial charge in [0.2, 0.25) is 11.9 Å². The van der Waals surface area contributed by atoms with Crippen LogP contribution in [0.4, 0.5) is 30.6 Å². The predicted molar refractivity (Wildman–Crippen MR) is 107 cm³/mol. The van der Waals surface area contributed by atoms with E-state index in [0.29, 0.717) is 41.9 Å². The Hall–Kier alpha value is -3.35. The maximum Gasteiger partial charge on any atom is 0.435 e. The second-order valence-corrected chi connectivity index (χ2v) is 7.48. The van der Waals surface area contributed by atoms with E-state index in [0.717, 1.165) is 11.6 Å². The SMILES string of the molecule is Cc1nc(NCC2=CN(Cc3cc(C(F)(F)F)nn3C)NC2)nc2c1NC(=O)CN2C. The Balaban J connectivity index is 1.40. The number of hydrazine groups is 1. The number of hydrogen-bond donors (Lipinski definition) is 3. The van der Waals surface area contributed by atoms with Crippen molar-refractivity contribution in [2.45, 2.75) is 19.6 Å². The van der Waals surface area contributed by atoms with E-state index >= 15 is 0 Å². The van der Waals surface area contributed by atoms with Crippen molar-refractivity contribution in [3.8, 4) is 0 Å². The van der Waals surface area contributed by atoms with E-state index in [9.17, 15) is 18.0 Å². The lowest BCUT2D eigenvalue weighted by molar-refractivity contribution is -0.141. The van der Waals surface area contributed by atoms with Crippen molar-refractivity contribution in [1.29, 1.82) is 0 Å². The Morgan fingerprint density at radius 3 is 2.74 bits per heavy atom. The summed E-state index contributed by atoms with van der Waals surface area (Å²) in [7, 11) is 3.28. The molecule has 0 aliphatic carbocycles. The lowest BCUT2D eigenvalue weighted by Crippen LogP contribution is -2.36. The zero-order valence-electron chi connectivity index (χ0n) is 17.2. The van der Waals surface area contributed by atoms with Gasteiger partial charge in [0.15, 0.2) is 11.5 Å². The fourth-order valence-corrected chi connectivity index (χ4v) is 3.41. The van der Waals surface area contributed by atoms with Crippen molar-refractivity contribution in [1.82, 2.24) is 30.2 Å². The molecule has 0 atom stereocenters. The molecule has 0 radical (unpaired) electrons. The van der Waals surface area contributed by atoms with Crippen LogP contribution < -0.4 is 21.0 Å². The summed E-state index contributed by atoms with van der Waals surface area (Å²) >= 11 is 0. The molecule has 1 amide bonds. The second kappa shape index (κ2) is 7.72. The molecule has 0 spiro atoms. The molecule has 13 heteroatoms. The van der Waals surface area contributed by atoms with Gasteiger partial charge in [-0.15, -0.1) is 0 Å². The third-order valence-electron chi connectivity index (χ3n) is 5.00. The molecule has 2 aromatic rings. The van der Waals surface area contributed by atoms with E-state index in [2.05, 4.69) is 31.1 Å². The summed E-state index contributed by atoms with van der Waals surface area (Å²) in [4.78, 5) is 22.3. The number of rotatable bonds is 5. The van der Waals surface area contributed by atoms with Crippen LogP contribution in [-0.2, 0) is 24.6 Å². The molecule has 0 saturated heterocycles. The summed E-state index contributed by atoms with van der Waals surface area (Å²) in [5, 5.41) is 11.2. The van der Waals surface area contributed by atoms with E-state index < -0.39 is 11.9 Å². The molecule has 2 aromatic heterocycles. The lowest BCUT2D eigenvalue weighted by atomic mass is 10.2. The number of hydrogen-bond acceptors (Lipinski definition) is 8. The standard InChI is InChI=1S/C18H22F3N9O/c1-10-15-16(28(2)9-14(31)25-15)26-17(24-10)22-5-11-6-23-30(7-11)8-12-4-13(18(19,20)21)27-29(12)3/h4,7,23H,5-6,8-9H2,1-3H3,(H,25,31)(H,22,24,26). The molecule has 2 aliphatic rings. The molecule has 31 heavy (non-hydrogen) atoms. The van der Waals surface area contributed by atoms with Gasteiger partial charge in [-0.1, -0.05) is 0 Å². The Morgan fingerprint density at radius 1 is 1.26 bits per heavy atom. The van der Waals surface area contributed by atoms with Crippen LogP contribution in [0.3, 0.4) is 0 Å². The normalized spacial score (nSPS) is 16.3. The summed E-state index contributed by atoms with van der Waals surface area (Å²) in [5.41, 5.74) is 4.89. The van der Waals surface area contributed by atoms with Gasteiger partial charge in [-0.3, -0.25) is 9.48 Å². The van der Waals surface area contributed by atoms with Crippen LogP contribution in [0.25, 0.3) is 0 Å². The maximum atomic E-state index is 12.8. The van der Waals surface area contributed by atoms with E-state index in [4.69, 9.17) is 0 Å². The number of carbonyl (C=O) groups excluding carboxylic acids is 1. The Bertz CT molecular complexity index is 1050. The number of alkyl halides is 3. The van der Waals surface area contributed by atoms with Crippen molar-refractivity contribution in [2.24, 2.45) is 7.05 Å². The Kier molecular flexibility index (Phi) is 5.21. The number of halogens is 3. The molecular weight excluding hydrogens is 415 g/mol.